The fourth-order valence-electron chi connectivity index (χ4n) is 2.34. The van der Waals surface area contributed by atoms with E-state index < -0.39 is 0 Å². The van der Waals surface area contributed by atoms with Crippen LogP contribution in [0.2, 0.25) is 0 Å². The monoisotopic (exact) mass is 234 g/mol. The molecule has 0 spiro atoms. The Labute approximate surface area is 104 Å². The molecule has 0 aliphatic heterocycles. The molecular weight excluding hydrogens is 212 g/mol. The maximum Gasteiger partial charge on any atom is 0.302 e. The average molecular weight is 234 g/mol. The second-order valence-electron chi connectivity index (χ2n) is 4.44. The molecule has 0 unspecified atom stereocenters. The van der Waals surface area contributed by atoms with Crippen molar-refractivity contribution in [2.45, 2.75) is 45.4 Å². The molecule has 1 aromatic carbocycles. The van der Waals surface area contributed by atoms with Gasteiger partial charge < -0.3 is 4.74 Å². The number of carbonyl (C=O) groups excluding carboxylic acids is 1. The van der Waals surface area contributed by atoms with Crippen molar-refractivity contribution < 1.29 is 9.53 Å². The summed E-state index contributed by atoms with van der Waals surface area (Å²) in [4.78, 5) is 10.8. The van der Waals surface area contributed by atoms with Gasteiger partial charge in [-0.25, -0.2) is 0 Å². The van der Waals surface area contributed by atoms with Gasteiger partial charge in [0.05, 0.1) is 6.61 Å². The van der Waals surface area contributed by atoms with E-state index in [4.69, 9.17) is 4.74 Å². The topological polar surface area (TPSA) is 26.3 Å². The lowest BCUT2D eigenvalue weighted by Gasteiger charge is -2.32. The summed E-state index contributed by atoms with van der Waals surface area (Å²) < 4.78 is 5.08. The van der Waals surface area contributed by atoms with Gasteiger partial charge in [-0.1, -0.05) is 44.2 Å². The number of ether oxygens (including phenoxy) is 1. The summed E-state index contributed by atoms with van der Waals surface area (Å²) in [5.41, 5.74) is 1.48. The van der Waals surface area contributed by atoms with Crippen LogP contribution < -0.4 is 0 Å². The van der Waals surface area contributed by atoms with Gasteiger partial charge >= 0.3 is 5.97 Å². The fraction of sp³-hybridized carbons (Fsp3) is 0.533. The van der Waals surface area contributed by atoms with Crippen LogP contribution in [0.5, 0.6) is 0 Å². The van der Waals surface area contributed by atoms with Crippen LogP contribution in [0.15, 0.2) is 30.3 Å². The van der Waals surface area contributed by atoms with E-state index >= 15 is 0 Å². The maximum atomic E-state index is 10.8. The van der Waals surface area contributed by atoms with Gasteiger partial charge in [-0.3, -0.25) is 4.79 Å². The van der Waals surface area contributed by atoms with E-state index in [0.29, 0.717) is 6.61 Å². The Morgan fingerprint density at radius 3 is 2.24 bits per heavy atom. The Kier molecular flexibility index (Phi) is 5.20. The summed E-state index contributed by atoms with van der Waals surface area (Å²) in [6.07, 6.45) is 3.02. The molecule has 0 N–H and O–H groups in total. The average Bonchev–Trinajstić information content (AvgIpc) is 2.36. The highest BCUT2D eigenvalue weighted by Gasteiger charge is 2.28. The Bertz CT molecular complexity index is 339. The van der Waals surface area contributed by atoms with Crippen molar-refractivity contribution in [1.29, 1.82) is 0 Å². The molecule has 0 heterocycles. The standard InChI is InChI=1S/C15H22O2/c1-4-15(5-2,11-12-17-13(3)16)14-9-7-6-8-10-14/h6-10H,4-5,11-12H2,1-3H3. The number of esters is 1. The minimum Gasteiger partial charge on any atom is -0.466 e. The molecule has 0 amide bonds. The van der Waals surface area contributed by atoms with E-state index in [1.54, 1.807) is 0 Å². The number of hydrogen-bond acceptors (Lipinski definition) is 2. The van der Waals surface area contributed by atoms with Crippen LogP contribution in [0.3, 0.4) is 0 Å². The van der Waals surface area contributed by atoms with E-state index in [0.717, 1.165) is 19.3 Å². The first-order chi connectivity index (χ1) is 8.14. The predicted molar refractivity (Wildman–Crippen MR) is 70.0 cm³/mol. The molecular formula is C15H22O2. The normalized spacial score (nSPS) is 11.2. The first kappa shape index (κ1) is 13.8. The highest BCUT2D eigenvalue weighted by molar-refractivity contribution is 5.65. The molecule has 0 atom stereocenters. The highest BCUT2D eigenvalue weighted by atomic mass is 16.5. The maximum absolute atomic E-state index is 10.8. The third-order valence-corrected chi connectivity index (χ3v) is 3.63. The zero-order chi connectivity index (χ0) is 12.7. The third-order valence-electron chi connectivity index (χ3n) is 3.63. The number of benzene rings is 1. The van der Waals surface area contributed by atoms with Crippen molar-refractivity contribution in [3.8, 4) is 0 Å². The summed E-state index contributed by atoms with van der Waals surface area (Å²) in [5, 5.41) is 0. The Balaban J connectivity index is 2.78. The molecule has 1 aromatic rings. The van der Waals surface area contributed by atoms with E-state index in [9.17, 15) is 4.79 Å². The highest BCUT2D eigenvalue weighted by Crippen LogP contribution is 2.34. The number of hydrogen-bond donors (Lipinski definition) is 0. The first-order valence-electron chi connectivity index (χ1n) is 6.33. The number of carbonyl (C=O) groups is 1. The minimum atomic E-state index is -0.195. The Morgan fingerprint density at radius 2 is 1.76 bits per heavy atom. The molecule has 2 heteroatoms. The fourth-order valence-corrected chi connectivity index (χ4v) is 2.34. The van der Waals surface area contributed by atoms with Gasteiger partial charge in [0.2, 0.25) is 0 Å². The molecule has 1 rings (SSSR count). The summed E-state index contributed by atoms with van der Waals surface area (Å²) in [6, 6.07) is 10.5. The molecule has 0 radical (unpaired) electrons. The van der Waals surface area contributed by atoms with Gasteiger partial charge in [0.15, 0.2) is 0 Å². The van der Waals surface area contributed by atoms with Gasteiger partial charge in [-0.2, -0.15) is 0 Å². The molecule has 0 aliphatic rings. The zero-order valence-electron chi connectivity index (χ0n) is 11.0. The first-order valence-corrected chi connectivity index (χ1v) is 6.33. The van der Waals surface area contributed by atoms with Crippen LogP contribution >= 0.6 is 0 Å². The van der Waals surface area contributed by atoms with Crippen LogP contribution in [-0.2, 0) is 14.9 Å². The van der Waals surface area contributed by atoms with Gasteiger partial charge in [0, 0.05) is 6.92 Å². The lowest BCUT2D eigenvalue weighted by atomic mass is 9.73. The zero-order valence-corrected chi connectivity index (χ0v) is 11.0. The van der Waals surface area contributed by atoms with Gasteiger partial charge in [-0.15, -0.1) is 0 Å². The van der Waals surface area contributed by atoms with Crippen molar-refractivity contribution in [3.05, 3.63) is 35.9 Å². The molecule has 0 bridgehead atoms. The van der Waals surface area contributed by atoms with E-state index in [2.05, 4.69) is 38.1 Å². The lowest BCUT2D eigenvalue weighted by molar-refractivity contribution is -0.141. The second kappa shape index (κ2) is 6.43. The summed E-state index contributed by atoms with van der Waals surface area (Å²) in [5.74, 6) is -0.195. The third kappa shape index (κ3) is 3.58. The van der Waals surface area contributed by atoms with Crippen molar-refractivity contribution in [2.75, 3.05) is 6.61 Å². The van der Waals surface area contributed by atoms with Crippen LogP contribution in [0.25, 0.3) is 0 Å². The van der Waals surface area contributed by atoms with Crippen molar-refractivity contribution in [3.63, 3.8) is 0 Å². The van der Waals surface area contributed by atoms with Crippen LogP contribution in [0.4, 0.5) is 0 Å². The predicted octanol–water partition coefficient (Wildman–Crippen LogP) is 3.70. The lowest BCUT2D eigenvalue weighted by Crippen LogP contribution is -2.26. The number of rotatable bonds is 6. The summed E-state index contributed by atoms with van der Waals surface area (Å²) in [6.45, 7) is 6.36. The molecule has 0 saturated carbocycles. The summed E-state index contributed by atoms with van der Waals surface area (Å²) >= 11 is 0. The largest absolute Gasteiger partial charge is 0.466 e. The quantitative estimate of drug-likeness (QED) is 0.701. The summed E-state index contributed by atoms with van der Waals surface area (Å²) in [7, 11) is 0. The van der Waals surface area contributed by atoms with Crippen LogP contribution in [0.1, 0.15) is 45.6 Å². The molecule has 2 nitrogen and oxygen atoms in total. The molecule has 0 aliphatic carbocycles. The Hall–Kier alpha value is -1.31. The molecule has 0 saturated heterocycles. The SMILES string of the molecule is CCC(CC)(CCOC(C)=O)c1ccccc1. The van der Waals surface area contributed by atoms with E-state index in [1.807, 2.05) is 6.07 Å². The van der Waals surface area contributed by atoms with E-state index in [1.165, 1.54) is 12.5 Å². The smallest absolute Gasteiger partial charge is 0.302 e. The van der Waals surface area contributed by atoms with Crippen LogP contribution in [0, 0.1) is 0 Å². The van der Waals surface area contributed by atoms with Crippen LogP contribution in [-0.4, -0.2) is 12.6 Å². The van der Waals surface area contributed by atoms with Crippen molar-refractivity contribution >= 4 is 5.97 Å². The molecule has 0 aromatic heterocycles. The molecule has 94 valence electrons. The Morgan fingerprint density at radius 1 is 1.18 bits per heavy atom. The van der Waals surface area contributed by atoms with Crippen molar-refractivity contribution in [2.24, 2.45) is 0 Å². The molecule has 17 heavy (non-hydrogen) atoms. The molecule has 0 fully saturated rings. The van der Waals surface area contributed by atoms with E-state index in [-0.39, 0.29) is 11.4 Å². The minimum absolute atomic E-state index is 0.136. The van der Waals surface area contributed by atoms with Gasteiger partial charge in [-0.05, 0) is 30.2 Å². The van der Waals surface area contributed by atoms with Gasteiger partial charge in [0.25, 0.3) is 0 Å². The van der Waals surface area contributed by atoms with Gasteiger partial charge in [0.1, 0.15) is 0 Å². The second-order valence-corrected chi connectivity index (χ2v) is 4.44. The van der Waals surface area contributed by atoms with Crippen molar-refractivity contribution in [1.82, 2.24) is 0 Å².